The van der Waals surface area contributed by atoms with Gasteiger partial charge in [0.05, 0.1) is 23.8 Å². The lowest BCUT2D eigenvalue weighted by molar-refractivity contribution is -0.385. The predicted molar refractivity (Wildman–Crippen MR) is 84.3 cm³/mol. The summed E-state index contributed by atoms with van der Waals surface area (Å²) in [6.45, 7) is 3.64. The maximum atomic E-state index is 11.8. The summed E-state index contributed by atoms with van der Waals surface area (Å²) in [5.41, 5.74) is 2.83. The Balaban J connectivity index is 2.21. The van der Waals surface area contributed by atoms with Crippen LogP contribution in [0.15, 0.2) is 23.3 Å². The van der Waals surface area contributed by atoms with Crippen molar-refractivity contribution in [1.82, 2.24) is 15.6 Å². The summed E-state index contributed by atoms with van der Waals surface area (Å²) in [5.74, 6) is -0.913. The molecule has 3 N–H and O–H groups in total. The SMILES string of the molecule is CCOc1cc([N+](=O)[O-])cc(C=NNC(=O)c2cc(C)[nH]n2)c1O. The Kier molecular flexibility index (Phi) is 5.09. The number of hydrogen-bond donors (Lipinski definition) is 3. The number of aryl methyl sites for hydroxylation is 1. The van der Waals surface area contributed by atoms with Crippen LogP contribution in [0, 0.1) is 17.0 Å². The van der Waals surface area contributed by atoms with Crippen LogP contribution in [0.5, 0.6) is 11.5 Å². The van der Waals surface area contributed by atoms with Gasteiger partial charge >= 0.3 is 0 Å². The molecule has 0 atom stereocenters. The number of aromatic hydroxyl groups is 1. The predicted octanol–water partition coefficient (Wildman–Crippen LogP) is 1.49. The molecule has 0 spiro atoms. The number of benzene rings is 1. The fourth-order valence-corrected chi connectivity index (χ4v) is 1.84. The molecule has 24 heavy (non-hydrogen) atoms. The topological polar surface area (TPSA) is 143 Å². The summed E-state index contributed by atoms with van der Waals surface area (Å²) in [6.07, 6.45) is 1.09. The van der Waals surface area contributed by atoms with Crippen molar-refractivity contribution in [2.45, 2.75) is 13.8 Å². The molecule has 1 heterocycles. The highest BCUT2D eigenvalue weighted by molar-refractivity contribution is 5.93. The summed E-state index contributed by atoms with van der Waals surface area (Å²) in [5, 5.41) is 31.0. The van der Waals surface area contributed by atoms with Gasteiger partial charge in [0.2, 0.25) is 0 Å². The zero-order valence-corrected chi connectivity index (χ0v) is 12.9. The standard InChI is InChI=1S/C14H15N5O5/c1-3-24-12-6-10(19(22)23)5-9(13(12)20)7-15-18-14(21)11-4-8(2)16-17-11/h4-7,20H,3H2,1-2H3,(H,16,17)(H,18,21). The number of hydrazone groups is 1. The number of carbonyl (C=O) groups excluding carboxylic acids is 1. The molecular formula is C14H15N5O5. The molecule has 1 aromatic heterocycles. The van der Waals surface area contributed by atoms with Crippen LogP contribution in [0.4, 0.5) is 5.69 Å². The van der Waals surface area contributed by atoms with E-state index in [0.717, 1.165) is 18.3 Å². The number of carbonyl (C=O) groups is 1. The van der Waals surface area contributed by atoms with Crippen molar-refractivity contribution < 1.29 is 19.6 Å². The minimum absolute atomic E-state index is 0.0335. The second-order valence-electron chi connectivity index (χ2n) is 4.71. The van der Waals surface area contributed by atoms with Crippen molar-refractivity contribution in [2.24, 2.45) is 5.10 Å². The molecule has 10 heteroatoms. The number of nitrogens with one attached hydrogen (secondary N) is 2. The van der Waals surface area contributed by atoms with E-state index in [-0.39, 0.29) is 35.1 Å². The normalized spacial score (nSPS) is 10.8. The number of amides is 1. The molecule has 0 aliphatic rings. The van der Waals surface area contributed by atoms with E-state index in [1.54, 1.807) is 13.8 Å². The summed E-state index contributed by atoms with van der Waals surface area (Å²) >= 11 is 0. The second kappa shape index (κ2) is 7.22. The molecule has 1 amide bonds. The summed E-state index contributed by atoms with van der Waals surface area (Å²) in [7, 11) is 0. The lowest BCUT2D eigenvalue weighted by Gasteiger charge is -2.07. The van der Waals surface area contributed by atoms with Gasteiger partial charge in [-0.2, -0.15) is 10.2 Å². The number of non-ortho nitro benzene ring substituents is 1. The first-order chi connectivity index (χ1) is 11.4. The van der Waals surface area contributed by atoms with Crippen molar-refractivity contribution in [3.63, 3.8) is 0 Å². The van der Waals surface area contributed by atoms with Crippen LogP contribution in [0.25, 0.3) is 0 Å². The highest BCUT2D eigenvalue weighted by Crippen LogP contribution is 2.33. The van der Waals surface area contributed by atoms with Gasteiger partial charge in [0.1, 0.15) is 0 Å². The molecule has 126 valence electrons. The molecular weight excluding hydrogens is 318 g/mol. The second-order valence-corrected chi connectivity index (χ2v) is 4.71. The van der Waals surface area contributed by atoms with Crippen molar-refractivity contribution in [1.29, 1.82) is 0 Å². The first-order valence-electron chi connectivity index (χ1n) is 6.92. The Morgan fingerprint density at radius 1 is 1.54 bits per heavy atom. The molecule has 2 rings (SSSR count). The Morgan fingerprint density at radius 3 is 2.88 bits per heavy atom. The lowest BCUT2D eigenvalue weighted by atomic mass is 10.1. The lowest BCUT2D eigenvalue weighted by Crippen LogP contribution is -2.18. The monoisotopic (exact) mass is 333 g/mol. The van der Waals surface area contributed by atoms with E-state index in [1.807, 2.05) is 0 Å². The maximum absolute atomic E-state index is 11.8. The molecule has 0 unspecified atom stereocenters. The number of aromatic nitrogens is 2. The Bertz CT molecular complexity index is 799. The van der Waals surface area contributed by atoms with Crippen molar-refractivity contribution >= 4 is 17.8 Å². The van der Waals surface area contributed by atoms with Crippen LogP contribution in [-0.2, 0) is 0 Å². The van der Waals surface area contributed by atoms with Crippen molar-refractivity contribution in [3.05, 3.63) is 45.3 Å². The molecule has 0 radical (unpaired) electrons. The maximum Gasteiger partial charge on any atom is 0.291 e. The van der Waals surface area contributed by atoms with E-state index in [2.05, 4.69) is 20.7 Å². The number of nitro benzene ring substituents is 1. The van der Waals surface area contributed by atoms with Crippen LogP contribution in [-0.4, -0.2) is 39.0 Å². The van der Waals surface area contributed by atoms with Crippen LogP contribution in [0.1, 0.15) is 28.7 Å². The van der Waals surface area contributed by atoms with Gasteiger partial charge in [-0.3, -0.25) is 20.0 Å². The number of nitro groups is 1. The summed E-state index contributed by atoms with van der Waals surface area (Å²) < 4.78 is 5.15. The Hall–Kier alpha value is -3.43. The molecule has 10 nitrogen and oxygen atoms in total. The number of phenols is 1. The zero-order valence-electron chi connectivity index (χ0n) is 12.9. The van der Waals surface area contributed by atoms with E-state index in [1.165, 1.54) is 6.07 Å². The first-order valence-corrected chi connectivity index (χ1v) is 6.92. The average Bonchev–Trinajstić information content (AvgIpc) is 2.97. The number of ether oxygens (including phenoxy) is 1. The van der Waals surface area contributed by atoms with E-state index in [4.69, 9.17) is 4.74 Å². The zero-order chi connectivity index (χ0) is 17.7. The third-order valence-corrected chi connectivity index (χ3v) is 2.91. The average molecular weight is 333 g/mol. The van der Waals surface area contributed by atoms with Gasteiger partial charge in [-0.05, 0) is 19.9 Å². The van der Waals surface area contributed by atoms with E-state index in [0.29, 0.717) is 5.69 Å². The van der Waals surface area contributed by atoms with Crippen LogP contribution in [0.3, 0.4) is 0 Å². The molecule has 0 saturated carbocycles. The molecule has 1 aromatic carbocycles. The van der Waals surface area contributed by atoms with Gasteiger partial charge in [0, 0.05) is 17.3 Å². The highest BCUT2D eigenvalue weighted by atomic mass is 16.6. The van der Waals surface area contributed by atoms with Crippen molar-refractivity contribution in [2.75, 3.05) is 6.61 Å². The largest absolute Gasteiger partial charge is 0.504 e. The van der Waals surface area contributed by atoms with Crippen LogP contribution < -0.4 is 10.2 Å². The van der Waals surface area contributed by atoms with Gasteiger partial charge in [-0.15, -0.1) is 0 Å². The number of H-pyrrole nitrogens is 1. The number of phenolic OH excluding ortho intramolecular Hbond substituents is 1. The first kappa shape index (κ1) is 16.9. The molecule has 0 bridgehead atoms. The quantitative estimate of drug-likeness (QED) is 0.415. The molecule has 0 saturated heterocycles. The van der Waals surface area contributed by atoms with Gasteiger partial charge in [-0.1, -0.05) is 0 Å². The Labute approximate surface area is 136 Å². The van der Waals surface area contributed by atoms with E-state index >= 15 is 0 Å². The minimum atomic E-state index is -0.621. The van der Waals surface area contributed by atoms with Crippen LogP contribution >= 0.6 is 0 Å². The van der Waals surface area contributed by atoms with E-state index in [9.17, 15) is 20.0 Å². The third-order valence-electron chi connectivity index (χ3n) is 2.91. The molecule has 0 fully saturated rings. The number of nitrogens with zero attached hydrogens (tertiary/aromatic N) is 3. The minimum Gasteiger partial charge on any atom is -0.504 e. The number of rotatable bonds is 6. The number of aromatic amines is 1. The summed E-state index contributed by atoms with van der Waals surface area (Å²) in [6, 6.07) is 3.76. The van der Waals surface area contributed by atoms with E-state index < -0.39 is 10.8 Å². The van der Waals surface area contributed by atoms with Crippen LogP contribution in [0.2, 0.25) is 0 Å². The summed E-state index contributed by atoms with van der Waals surface area (Å²) in [4.78, 5) is 22.1. The van der Waals surface area contributed by atoms with Gasteiger partial charge in [0.25, 0.3) is 11.6 Å². The van der Waals surface area contributed by atoms with Gasteiger partial charge in [-0.25, -0.2) is 5.43 Å². The fourth-order valence-electron chi connectivity index (χ4n) is 1.84. The Morgan fingerprint density at radius 2 is 2.29 bits per heavy atom. The third kappa shape index (κ3) is 3.85. The molecule has 0 aliphatic heterocycles. The highest BCUT2D eigenvalue weighted by Gasteiger charge is 2.16. The fraction of sp³-hybridized carbons (Fsp3) is 0.214. The molecule has 2 aromatic rings. The van der Waals surface area contributed by atoms with Gasteiger partial charge in [0.15, 0.2) is 17.2 Å². The van der Waals surface area contributed by atoms with Crippen molar-refractivity contribution in [3.8, 4) is 11.5 Å². The molecule has 0 aliphatic carbocycles. The van der Waals surface area contributed by atoms with Gasteiger partial charge < -0.3 is 9.84 Å². The number of hydrogen-bond acceptors (Lipinski definition) is 7. The smallest absolute Gasteiger partial charge is 0.291 e.